The predicted molar refractivity (Wildman–Crippen MR) is 68.5 cm³/mol. The van der Waals surface area contributed by atoms with E-state index < -0.39 is 0 Å². The molecule has 0 amide bonds. The molecular formula is C13H21N3O. The van der Waals surface area contributed by atoms with E-state index >= 15 is 0 Å². The van der Waals surface area contributed by atoms with Crippen LogP contribution in [0.15, 0.2) is 0 Å². The van der Waals surface area contributed by atoms with Crippen molar-refractivity contribution < 1.29 is 4.74 Å². The zero-order valence-electron chi connectivity index (χ0n) is 10.9. The first-order chi connectivity index (χ1) is 8.26. The average molecular weight is 235 g/mol. The lowest BCUT2D eigenvalue weighted by Crippen LogP contribution is -2.12. The predicted octanol–water partition coefficient (Wildman–Crippen LogP) is 2.28. The number of rotatable bonds is 4. The minimum atomic E-state index is 0.372. The van der Waals surface area contributed by atoms with Gasteiger partial charge >= 0.3 is 0 Å². The molecule has 2 heterocycles. The molecule has 0 aromatic carbocycles. The largest absolute Gasteiger partial charge is 0.381 e. The van der Waals surface area contributed by atoms with Gasteiger partial charge in [0.2, 0.25) is 0 Å². The molecule has 0 aliphatic carbocycles. The second-order valence-corrected chi connectivity index (χ2v) is 4.44. The van der Waals surface area contributed by atoms with Crippen molar-refractivity contribution in [3.63, 3.8) is 0 Å². The van der Waals surface area contributed by atoms with Crippen LogP contribution in [0, 0.1) is 6.92 Å². The summed E-state index contributed by atoms with van der Waals surface area (Å²) in [7, 11) is 0. The molecule has 0 bridgehead atoms. The Morgan fingerprint density at radius 1 is 1.35 bits per heavy atom. The van der Waals surface area contributed by atoms with Crippen LogP contribution in [0.2, 0.25) is 0 Å². The van der Waals surface area contributed by atoms with Gasteiger partial charge in [-0.1, -0.05) is 6.92 Å². The van der Waals surface area contributed by atoms with Crippen LogP contribution in [0.25, 0.3) is 0 Å². The smallest absolute Gasteiger partial charge is 0.136 e. The Bertz CT molecular complexity index is 386. The van der Waals surface area contributed by atoms with Gasteiger partial charge in [0.25, 0.3) is 0 Å². The fourth-order valence-corrected chi connectivity index (χ4v) is 2.28. The van der Waals surface area contributed by atoms with Crippen molar-refractivity contribution in [2.24, 2.45) is 0 Å². The van der Waals surface area contributed by atoms with Crippen molar-refractivity contribution >= 4 is 5.82 Å². The van der Waals surface area contributed by atoms with Gasteiger partial charge in [-0.3, -0.25) is 0 Å². The minimum absolute atomic E-state index is 0.372. The third kappa shape index (κ3) is 2.57. The quantitative estimate of drug-likeness (QED) is 0.869. The highest BCUT2D eigenvalue weighted by molar-refractivity contribution is 5.46. The van der Waals surface area contributed by atoms with Crippen molar-refractivity contribution in [1.82, 2.24) is 9.97 Å². The van der Waals surface area contributed by atoms with Crippen LogP contribution < -0.4 is 5.32 Å². The van der Waals surface area contributed by atoms with Gasteiger partial charge in [0.1, 0.15) is 11.6 Å². The third-order valence-electron chi connectivity index (χ3n) is 3.22. The van der Waals surface area contributed by atoms with Crippen molar-refractivity contribution in [1.29, 1.82) is 0 Å². The molecule has 1 atom stereocenters. The molecule has 0 radical (unpaired) electrons. The summed E-state index contributed by atoms with van der Waals surface area (Å²) in [6.45, 7) is 8.79. The highest BCUT2D eigenvalue weighted by Crippen LogP contribution is 2.25. The molecule has 1 aliphatic rings. The Balaban J connectivity index is 2.34. The van der Waals surface area contributed by atoms with E-state index in [-0.39, 0.29) is 0 Å². The molecule has 4 heteroatoms. The summed E-state index contributed by atoms with van der Waals surface area (Å²) in [4.78, 5) is 9.31. The molecule has 1 aliphatic heterocycles. The lowest BCUT2D eigenvalue weighted by molar-refractivity contribution is 0.193. The first-order valence-electron chi connectivity index (χ1n) is 6.45. The van der Waals surface area contributed by atoms with Crippen LogP contribution in [0.5, 0.6) is 0 Å². The summed E-state index contributed by atoms with van der Waals surface area (Å²) < 4.78 is 5.41. The molecule has 17 heavy (non-hydrogen) atoms. The van der Waals surface area contributed by atoms with Crippen LogP contribution in [0.3, 0.4) is 0 Å². The number of aromatic nitrogens is 2. The zero-order valence-corrected chi connectivity index (χ0v) is 10.9. The molecule has 4 nitrogen and oxygen atoms in total. The Morgan fingerprint density at radius 3 is 2.76 bits per heavy atom. The molecule has 94 valence electrons. The maximum absolute atomic E-state index is 5.41. The van der Waals surface area contributed by atoms with E-state index in [1.165, 1.54) is 5.56 Å². The van der Waals surface area contributed by atoms with E-state index in [0.717, 1.165) is 49.9 Å². The first kappa shape index (κ1) is 12.3. The standard InChI is InChI=1S/C13H21N3O/c1-4-11-9(3)15-12(10-6-7-17-8-10)16-13(11)14-5-2/h10H,4-8H2,1-3H3,(H,14,15,16). The van der Waals surface area contributed by atoms with Crippen molar-refractivity contribution in [3.8, 4) is 0 Å². The lowest BCUT2D eigenvalue weighted by Gasteiger charge is -2.15. The van der Waals surface area contributed by atoms with Crippen LogP contribution >= 0.6 is 0 Å². The summed E-state index contributed by atoms with van der Waals surface area (Å²) in [5, 5.41) is 3.34. The molecular weight excluding hydrogens is 214 g/mol. The Morgan fingerprint density at radius 2 is 2.18 bits per heavy atom. The molecule has 2 rings (SSSR count). The number of anilines is 1. The lowest BCUT2D eigenvalue weighted by atomic mass is 10.1. The third-order valence-corrected chi connectivity index (χ3v) is 3.22. The number of nitrogens with zero attached hydrogens (tertiary/aromatic N) is 2. The van der Waals surface area contributed by atoms with Crippen LogP contribution in [0.4, 0.5) is 5.82 Å². The Kier molecular flexibility index (Phi) is 3.94. The number of hydrogen-bond acceptors (Lipinski definition) is 4. The van der Waals surface area contributed by atoms with E-state index in [4.69, 9.17) is 4.74 Å². The second-order valence-electron chi connectivity index (χ2n) is 4.44. The van der Waals surface area contributed by atoms with Gasteiger partial charge in [-0.05, 0) is 26.7 Å². The average Bonchev–Trinajstić information content (AvgIpc) is 2.82. The van der Waals surface area contributed by atoms with Crippen molar-refractivity contribution in [2.45, 2.75) is 39.5 Å². The van der Waals surface area contributed by atoms with Gasteiger partial charge in [-0.2, -0.15) is 0 Å². The van der Waals surface area contributed by atoms with Gasteiger partial charge in [0, 0.05) is 30.3 Å². The molecule has 1 unspecified atom stereocenters. The summed E-state index contributed by atoms with van der Waals surface area (Å²) in [5.74, 6) is 2.31. The van der Waals surface area contributed by atoms with Gasteiger partial charge in [0.15, 0.2) is 0 Å². The zero-order chi connectivity index (χ0) is 12.3. The van der Waals surface area contributed by atoms with E-state index in [1.807, 2.05) is 0 Å². The SMILES string of the molecule is CCNc1nc(C2CCOC2)nc(C)c1CC. The molecule has 1 fully saturated rings. The van der Waals surface area contributed by atoms with Crippen molar-refractivity contribution in [2.75, 3.05) is 25.1 Å². The van der Waals surface area contributed by atoms with E-state index in [9.17, 15) is 0 Å². The molecule has 0 saturated carbocycles. The summed E-state index contributed by atoms with van der Waals surface area (Å²) in [6.07, 6.45) is 2.01. The minimum Gasteiger partial charge on any atom is -0.381 e. The number of aryl methyl sites for hydroxylation is 1. The first-order valence-corrected chi connectivity index (χ1v) is 6.45. The van der Waals surface area contributed by atoms with Crippen LogP contribution in [0.1, 0.15) is 43.3 Å². The molecule has 1 saturated heterocycles. The van der Waals surface area contributed by atoms with Gasteiger partial charge < -0.3 is 10.1 Å². The normalized spacial score (nSPS) is 19.6. The second kappa shape index (κ2) is 5.45. The van der Waals surface area contributed by atoms with Crippen LogP contribution in [-0.2, 0) is 11.2 Å². The van der Waals surface area contributed by atoms with Crippen LogP contribution in [-0.4, -0.2) is 29.7 Å². The number of hydrogen-bond donors (Lipinski definition) is 1. The van der Waals surface area contributed by atoms with E-state index in [1.54, 1.807) is 0 Å². The Hall–Kier alpha value is -1.16. The van der Waals surface area contributed by atoms with Gasteiger partial charge in [-0.25, -0.2) is 9.97 Å². The fraction of sp³-hybridized carbons (Fsp3) is 0.692. The molecule has 0 spiro atoms. The van der Waals surface area contributed by atoms with Gasteiger partial charge in [0.05, 0.1) is 6.61 Å². The monoisotopic (exact) mass is 235 g/mol. The van der Waals surface area contributed by atoms with E-state index in [2.05, 4.69) is 36.1 Å². The highest BCUT2D eigenvalue weighted by Gasteiger charge is 2.22. The summed E-state index contributed by atoms with van der Waals surface area (Å²) >= 11 is 0. The number of nitrogens with one attached hydrogen (secondary N) is 1. The summed E-state index contributed by atoms with van der Waals surface area (Å²) in [6, 6.07) is 0. The van der Waals surface area contributed by atoms with Gasteiger partial charge in [-0.15, -0.1) is 0 Å². The number of ether oxygens (including phenoxy) is 1. The van der Waals surface area contributed by atoms with E-state index in [0.29, 0.717) is 5.92 Å². The topological polar surface area (TPSA) is 47.0 Å². The maximum Gasteiger partial charge on any atom is 0.136 e. The molecule has 1 aromatic rings. The highest BCUT2D eigenvalue weighted by atomic mass is 16.5. The Labute approximate surface area is 103 Å². The van der Waals surface area contributed by atoms with Crippen molar-refractivity contribution in [3.05, 3.63) is 17.1 Å². The summed E-state index contributed by atoms with van der Waals surface area (Å²) in [5.41, 5.74) is 2.33. The molecule has 1 N–H and O–H groups in total. The molecule has 1 aromatic heterocycles. The maximum atomic E-state index is 5.41. The fourth-order valence-electron chi connectivity index (χ4n) is 2.28.